The van der Waals surface area contributed by atoms with Gasteiger partial charge in [-0.1, -0.05) is 12.1 Å². The predicted octanol–water partition coefficient (Wildman–Crippen LogP) is 3.96. The Morgan fingerprint density at radius 2 is 1.82 bits per heavy atom. The van der Waals surface area contributed by atoms with E-state index in [1.807, 2.05) is 15.9 Å². The Morgan fingerprint density at radius 1 is 1.09 bits per heavy atom. The van der Waals surface area contributed by atoms with Gasteiger partial charge in [0.1, 0.15) is 6.33 Å². The van der Waals surface area contributed by atoms with Crippen LogP contribution in [0.15, 0.2) is 29.3 Å². The molecule has 7 rings (SSSR count). The van der Waals surface area contributed by atoms with Crippen LogP contribution in [0.25, 0.3) is 0 Å². The highest BCUT2D eigenvalue weighted by Crippen LogP contribution is 2.64. The number of carbonyl (C=O) groups is 1. The van der Waals surface area contributed by atoms with Gasteiger partial charge in [0.2, 0.25) is 10.6 Å². The number of benzene rings is 1. The lowest BCUT2D eigenvalue weighted by Gasteiger charge is -2.61. The molecule has 4 aliphatic carbocycles. The minimum atomic E-state index is -0.809. The molecular weight excluding hydrogens is 492 g/mol. The second-order valence-corrected chi connectivity index (χ2v) is 11.4. The van der Waals surface area contributed by atoms with Crippen molar-refractivity contribution in [2.45, 2.75) is 50.6 Å². The summed E-state index contributed by atoms with van der Waals surface area (Å²) in [6.45, 7) is 2.98. The van der Waals surface area contributed by atoms with Crippen LogP contribution in [0.5, 0.6) is 0 Å². The van der Waals surface area contributed by atoms with E-state index in [4.69, 9.17) is 0 Å². The Kier molecular flexibility index (Phi) is 5.14. The predicted molar refractivity (Wildman–Crippen MR) is 121 cm³/mol. The molecule has 1 aliphatic heterocycles. The van der Waals surface area contributed by atoms with E-state index in [1.165, 1.54) is 6.42 Å². The number of amides is 1. The third-order valence-electron chi connectivity index (χ3n) is 8.52. The van der Waals surface area contributed by atoms with E-state index in [0.29, 0.717) is 54.9 Å². The molecule has 5 fully saturated rings. The van der Waals surface area contributed by atoms with Gasteiger partial charge in [0.15, 0.2) is 11.6 Å². The SMILES string of the molecule is O=C(N1CCN(Cc2cccc(F)c2F)CC1)C12CC3CC(C1)CC(n1cnc(Br)n1)(C3)C2. The third-order valence-corrected chi connectivity index (χ3v) is 8.88. The molecule has 6 nitrogen and oxygen atoms in total. The number of piperazine rings is 1. The quantitative estimate of drug-likeness (QED) is 0.613. The second kappa shape index (κ2) is 7.83. The first-order chi connectivity index (χ1) is 15.9. The van der Waals surface area contributed by atoms with Crippen molar-refractivity contribution in [1.82, 2.24) is 24.6 Å². The van der Waals surface area contributed by atoms with Gasteiger partial charge < -0.3 is 4.90 Å². The minimum Gasteiger partial charge on any atom is -0.340 e. The number of rotatable bonds is 4. The summed E-state index contributed by atoms with van der Waals surface area (Å²) >= 11 is 3.39. The highest BCUT2D eigenvalue weighted by Gasteiger charge is 2.62. The molecule has 2 unspecified atom stereocenters. The van der Waals surface area contributed by atoms with E-state index >= 15 is 0 Å². The van der Waals surface area contributed by atoms with Gasteiger partial charge >= 0.3 is 0 Å². The van der Waals surface area contributed by atoms with Gasteiger partial charge in [-0.2, -0.15) is 0 Å². The van der Waals surface area contributed by atoms with Crippen molar-refractivity contribution in [1.29, 1.82) is 0 Å². The lowest BCUT2D eigenvalue weighted by atomic mass is 9.46. The fourth-order valence-corrected chi connectivity index (χ4v) is 7.82. The summed E-state index contributed by atoms with van der Waals surface area (Å²) in [7, 11) is 0. The Balaban J connectivity index is 1.16. The largest absolute Gasteiger partial charge is 0.340 e. The molecule has 0 N–H and O–H groups in total. The van der Waals surface area contributed by atoms with Crippen molar-refractivity contribution >= 4 is 21.8 Å². The maximum Gasteiger partial charge on any atom is 0.228 e. The fraction of sp³-hybridized carbons (Fsp3) is 0.625. The zero-order valence-electron chi connectivity index (χ0n) is 18.5. The average molecular weight is 520 g/mol. The van der Waals surface area contributed by atoms with Crippen LogP contribution >= 0.6 is 15.9 Å². The van der Waals surface area contributed by atoms with Crippen LogP contribution in [0.1, 0.15) is 44.1 Å². The number of hydrogen-bond acceptors (Lipinski definition) is 4. The summed E-state index contributed by atoms with van der Waals surface area (Å²) in [5.41, 5.74) is -0.0359. The van der Waals surface area contributed by atoms with Crippen molar-refractivity contribution in [2.75, 3.05) is 26.2 Å². The zero-order valence-corrected chi connectivity index (χ0v) is 20.1. The van der Waals surface area contributed by atoms with Gasteiger partial charge in [-0.15, -0.1) is 5.10 Å². The molecule has 4 bridgehead atoms. The van der Waals surface area contributed by atoms with Gasteiger partial charge in [-0.05, 0) is 72.4 Å². The summed E-state index contributed by atoms with van der Waals surface area (Å²) in [4.78, 5) is 22.4. The Labute approximate surface area is 200 Å². The van der Waals surface area contributed by atoms with E-state index in [0.717, 1.165) is 38.2 Å². The summed E-state index contributed by atoms with van der Waals surface area (Å²) in [5, 5.41) is 4.60. The Hall–Kier alpha value is -1.87. The van der Waals surface area contributed by atoms with Crippen molar-refractivity contribution in [3.63, 3.8) is 0 Å². The highest BCUT2D eigenvalue weighted by atomic mass is 79.9. The van der Waals surface area contributed by atoms with Crippen molar-refractivity contribution in [3.8, 4) is 0 Å². The molecule has 2 atom stereocenters. The minimum absolute atomic E-state index is 0.102. The Bertz CT molecular complexity index is 1070. The second-order valence-electron chi connectivity index (χ2n) is 10.7. The van der Waals surface area contributed by atoms with Crippen LogP contribution in [0.2, 0.25) is 0 Å². The molecular formula is C24H28BrF2N5O. The van der Waals surface area contributed by atoms with Crippen molar-refractivity contribution in [2.24, 2.45) is 17.3 Å². The molecule has 1 saturated heterocycles. The van der Waals surface area contributed by atoms with Gasteiger partial charge in [-0.3, -0.25) is 9.69 Å². The molecule has 4 saturated carbocycles. The average Bonchev–Trinajstić information content (AvgIpc) is 3.23. The van der Waals surface area contributed by atoms with E-state index in [9.17, 15) is 13.6 Å². The van der Waals surface area contributed by atoms with Crippen molar-refractivity contribution < 1.29 is 13.6 Å². The van der Waals surface area contributed by atoms with Gasteiger partial charge in [0.05, 0.1) is 11.0 Å². The molecule has 2 heterocycles. The molecule has 1 aromatic heterocycles. The monoisotopic (exact) mass is 519 g/mol. The molecule has 33 heavy (non-hydrogen) atoms. The molecule has 0 radical (unpaired) electrons. The van der Waals surface area contributed by atoms with E-state index < -0.39 is 11.6 Å². The molecule has 0 spiro atoms. The number of hydrogen-bond donors (Lipinski definition) is 0. The topological polar surface area (TPSA) is 54.3 Å². The van der Waals surface area contributed by atoms with Crippen LogP contribution in [0, 0.1) is 28.9 Å². The van der Waals surface area contributed by atoms with Gasteiger partial charge in [0.25, 0.3) is 0 Å². The molecule has 176 valence electrons. The van der Waals surface area contributed by atoms with Gasteiger partial charge in [-0.25, -0.2) is 18.4 Å². The molecule has 9 heteroatoms. The maximum absolute atomic E-state index is 14.1. The standard InChI is InChI=1S/C24H28BrF2N5O/c25-22-28-15-32(29-22)24-11-16-8-17(12-24)10-23(9-16,14-24)21(33)31-6-4-30(5-7-31)13-18-2-1-3-19(26)20(18)27/h1-3,15-17H,4-14H2. The van der Waals surface area contributed by atoms with Crippen LogP contribution in [-0.4, -0.2) is 56.7 Å². The van der Waals surface area contributed by atoms with Crippen LogP contribution in [0.4, 0.5) is 8.78 Å². The normalized spacial score (nSPS) is 33.6. The molecule has 1 aromatic carbocycles. The Morgan fingerprint density at radius 3 is 2.48 bits per heavy atom. The molecule has 5 aliphatic rings. The van der Waals surface area contributed by atoms with Crippen molar-refractivity contribution in [3.05, 3.63) is 46.5 Å². The summed E-state index contributed by atoms with van der Waals surface area (Å²) in [5.74, 6) is -0.159. The molecule has 1 amide bonds. The number of halogens is 3. The summed E-state index contributed by atoms with van der Waals surface area (Å²) in [6, 6.07) is 4.32. The summed E-state index contributed by atoms with van der Waals surface area (Å²) < 4.78 is 30.3. The van der Waals surface area contributed by atoms with Crippen LogP contribution in [-0.2, 0) is 16.9 Å². The van der Waals surface area contributed by atoms with E-state index in [2.05, 4.69) is 30.9 Å². The third kappa shape index (κ3) is 3.62. The number of carbonyl (C=O) groups excluding carboxylic acids is 1. The maximum atomic E-state index is 14.1. The summed E-state index contributed by atoms with van der Waals surface area (Å²) in [6.07, 6.45) is 8.02. The first kappa shape index (κ1) is 21.6. The fourth-order valence-electron chi connectivity index (χ4n) is 7.56. The number of nitrogens with zero attached hydrogens (tertiary/aromatic N) is 5. The molecule has 2 aromatic rings. The zero-order chi connectivity index (χ0) is 22.8. The van der Waals surface area contributed by atoms with Crippen LogP contribution < -0.4 is 0 Å². The van der Waals surface area contributed by atoms with E-state index in [1.54, 1.807) is 12.1 Å². The van der Waals surface area contributed by atoms with Gasteiger partial charge in [0, 0.05) is 38.3 Å². The lowest BCUT2D eigenvalue weighted by Crippen LogP contribution is -2.62. The van der Waals surface area contributed by atoms with Crippen LogP contribution in [0.3, 0.4) is 0 Å². The smallest absolute Gasteiger partial charge is 0.228 e. The van der Waals surface area contributed by atoms with E-state index in [-0.39, 0.29) is 16.9 Å². The first-order valence-electron chi connectivity index (χ1n) is 11.9. The lowest BCUT2D eigenvalue weighted by molar-refractivity contribution is -0.168. The number of aromatic nitrogens is 3. The highest BCUT2D eigenvalue weighted by molar-refractivity contribution is 9.10. The first-order valence-corrected chi connectivity index (χ1v) is 12.7.